The van der Waals surface area contributed by atoms with Crippen molar-refractivity contribution >= 4 is 22.6 Å². The standard InChI is InChI=1S/C27H23F3N4O2/c1-16-10-11-19-22(14-16)32-24(20-7-3-5-9-23(20)35)33-25(19)34-13-12-17(15-34)31-26(36)18-6-2-4-8-21(18)27(28,29)30/h2-11,14,17,35H,12-13,15H2,1H3,(H,31,36)/t17-/m1/s1. The molecule has 9 heteroatoms. The van der Waals surface area contributed by atoms with Crippen molar-refractivity contribution in [3.63, 3.8) is 0 Å². The number of hydrogen-bond acceptors (Lipinski definition) is 5. The second-order valence-corrected chi connectivity index (χ2v) is 8.86. The molecule has 0 saturated carbocycles. The van der Waals surface area contributed by atoms with Gasteiger partial charge in [0.15, 0.2) is 5.82 Å². The normalized spacial score (nSPS) is 15.9. The van der Waals surface area contributed by atoms with Crippen LogP contribution in [0.15, 0.2) is 66.7 Å². The molecule has 4 aromatic rings. The number of carbonyl (C=O) groups excluding carboxylic acids is 1. The number of nitrogens with zero attached hydrogens (tertiary/aromatic N) is 3. The summed E-state index contributed by atoms with van der Waals surface area (Å²) in [5.74, 6) is 0.316. The molecule has 1 fully saturated rings. The minimum Gasteiger partial charge on any atom is -0.507 e. The van der Waals surface area contributed by atoms with E-state index in [0.29, 0.717) is 42.2 Å². The number of aromatic hydroxyl groups is 1. The number of anilines is 1. The average molecular weight is 493 g/mol. The number of para-hydroxylation sites is 1. The number of alkyl halides is 3. The van der Waals surface area contributed by atoms with Crippen LogP contribution in [0.2, 0.25) is 0 Å². The van der Waals surface area contributed by atoms with Gasteiger partial charge in [0.05, 0.1) is 22.2 Å². The van der Waals surface area contributed by atoms with Gasteiger partial charge in [-0.1, -0.05) is 30.3 Å². The zero-order valence-corrected chi connectivity index (χ0v) is 19.4. The van der Waals surface area contributed by atoms with Gasteiger partial charge in [0.25, 0.3) is 5.91 Å². The van der Waals surface area contributed by atoms with E-state index < -0.39 is 23.2 Å². The Morgan fingerprint density at radius 1 is 1.06 bits per heavy atom. The van der Waals surface area contributed by atoms with E-state index in [1.165, 1.54) is 18.2 Å². The molecule has 1 aliphatic rings. The molecule has 1 aromatic heterocycles. The van der Waals surface area contributed by atoms with Crippen molar-refractivity contribution < 1.29 is 23.1 Å². The first-order valence-electron chi connectivity index (χ1n) is 11.5. The summed E-state index contributed by atoms with van der Waals surface area (Å²) in [6.07, 6.45) is -4.07. The number of phenolic OH excluding ortho intramolecular Hbond substituents is 1. The number of phenols is 1. The molecule has 1 saturated heterocycles. The third kappa shape index (κ3) is 4.56. The number of aryl methyl sites for hydroxylation is 1. The Morgan fingerprint density at radius 2 is 1.81 bits per heavy atom. The largest absolute Gasteiger partial charge is 0.507 e. The average Bonchev–Trinajstić information content (AvgIpc) is 3.31. The van der Waals surface area contributed by atoms with Gasteiger partial charge in [0.1, 0.15) is 11.6 Å². The van der Waals surface area contributed by atoms with Gasteiger partial charge in [-0.25, -0.2) is 9.97 Å². The van der Waals surface area contributed by atoms with Gasteiger partial charge in [0, 0.05) is 24.5 Å². The molecule has 3 aromatic carbocycles. The van der Waals surface area contributed by atoms with Gasteiger partial charge in [-0.15, -0.1) is 0 Å². The SMILES string of the molecule is Cc1ccc2c(N3CC[C@@H](NC(=O)c4ccccc4C(F)(F)F)C3)nc(-c3ccccc3O)nc2c1. The zero-order valence-electron chi connectivity index (χ0n) is 19.4. The number of fused-ring (bicyclic) bond motifs is 1. The first-order valence-corrected chi connectivity index (χ1v) is 11.5. The smallest absolute Gasteiger partial charge is 0.417 e. The maximum atomic E-state index is 13.4. The highest BCUT2D eigenvalue weighted by Gasteiger charge is 2.36. The molecule has 184 valence electrons. The minimum absolute atomic E-state index is 0.0605. The third-order valence-corrected chi connectivity index (χ3v) is 6.28. The predicted octanol–water partition coefficient (Wildman–Crippen LogP) is 5.34. The van der Waals surface area contributed by atoms with Gasteiger partial charge in [-0.2, -0.15) is 13.2 Å². The summed E-state index contributed by atoms with van der Waals surface area (Å²) in [7, 11) is 0. The highest BCUT2D eigenvalue weighted by atomic mass is 19.4. The Hall–Kier alpha value is -4.14. The van der Waals surface area contributed by atoms with E-state index >= 15 is 0 Å². The van der Waals surface area contributed by atoms with Crippen LogP contribution < -0.4 is 10.2 Å². The summed E-state index contributed by atoms with van der Waals surface area (Å²) >= 11 is 0. The van der Waals surface area contributed by atoms with Crippen molar-refractivity contribution in [3.05, 3.63) is 83.4 Å². The molecule has 2 heterocycles. The highest BCUT2D eigenvalue weighted by Crippen LogP contribution is 2.34. The Labute approximate surface area is 205 Å². The first-order chi connectivity index (χ1) is 17.2. The van der Waals surface area contributed by atoms with Gasteiger partial charge < -0.3 is 15.3 Å². The summed E-state index contributed by atoms with van der Waals surface area (Å²) in [6, 6.07) is 17.1. The molecule has 36 heavy (non-hydrogen) atoms. The van der Waals surface area contributed by atoms with E-state index in [9.17, 15) is 23.1 Å². The quantitative estimate of drug-likeness (QED) is 0.402. The molecular formula is C27H23F3N4O2. The van der Waals surface area contributed by atoms with E-state index in [0.717, 1.165) is 17.0 Å². The van der Waals surface area contributed by atoms with Gasteiger partial charge in [-0.05, 0) is 55.3 Å². The molecule has 0 unspecified atom stereocenters. The molecule has 1 aliphatic heterocycles. The third-order valence-electron chi connectivity index (χ3n) is 6.28. The Kier molecular flexibility index (Phi) is 5.99. The zero-order chi connectivity index (χ0) is 25.4. The summed E-state index contributed by atoms with van der Waals surface area (Å²) in [6.45, 7) is 2.88. The van der Waals surface area contributed by atoms with Crippen molar-refractivity contribution in [1.82, 2.24) is 15.3 Å². The molecule has 0 aliphatic carbocycles. The van der Waals surface area contributed by atoms with Crippen LogP contribution in [0, 0.1) is 6.92 Å². The van der Waals surface area contributed by atoms with Crippen LogP contribution in [0.25, 0.3) is 22.3 Å². The lowest BCUT2D eigenvalue weighted by molar-refractivity contribution is -0.137. The van der Waals surface area contributed by atoms with E-state index in [-0.39, 0.29) is 11.8 Å². The monoisotopic (exact) mass is 492 g/mol. The Morgan fingerprint density at radius 3 is 2.58 bits per heavy atom. The number of benzene rings is 3. The highest BCUT2D eigenvalue weighted by molar-refractivity contribution is 5.96. The van der Waals surface area contributed by atoms with Crippen molar-refractivity contribution in [2.75, 3.05) is 18.0 Å². The van der Waals surface area contributed by atoms with Crippen LogP contribution in [0.1, 0.15) is 27.9 Å². The fourth-order valence-corrected chi connectivity index (χ4v) is 4.51. The molecule has 5 rings (SSSR count). The molecule has 1 amide bonds. The fourth-order valence-electron chi connectivity index (χ4n) is 4.51. The number of hydrogen-bond donors (Lipinski definition) is 2. The topological polar surface area (TPSA) is 78.4 Å². The summed E-state index contributed by atoms with van der Waals surface area (Å²) < 4.78 is 40.1. The van der Waals surface area contributed by atoms with E-state index in [1.54, 1.807) is 24.3 Å². The lowest BCUT2D eigenvalue weighted by Crippen LogP contribution is -2.38. The summed E-state index contributed by atoms with van der Waals surface area (Å²) in [5, 5.41) is 13.9. The molecule has 6 nitrogen and oxygen atoms in total. The number of amides is 1. The molecular weight excluding hydrogens is 469 g/mol. The number of nitrogens with one attached hydrogen (secondary N) is 1. The number of halogens is 3. The molecule has 2 N–H and O–H groups in total. The van der Waals surface area contributed by atoms with Crippen LogP contribution in [0.3, 0.4) is 0 Å². The second kappa shape index (κ2) is 9.14. The van der Waals surface area contributed by atoms with Crippen LogP contribution in [0.5, 0.6) is 5.75 Å². The van der Waals surface area contributed by atoms with Gasteiger partial charge in [-0.3, -0.25) is 4.79 Å². The van der Waals surface area contributed by atoms with Crippen molar-refractivity contribution in [1.29, 1.82) is 0 Å². The van der Waals surface area contributed by atoms with Crippen LogP contribution in [0.4, 0.5) is 19.0 Å². The number of aromatic nitrogens is 2. The van der Waals surface area contributed by atoms with Gasteiger partial charge >= 0.3 is 6.18 Å². The molecule has 0 radical (unpaired) electrons. The van der Waals surface area contributed by atoms with Crippen LogP contribution in [-0.4, -0.2) is 40.1 Å². The van der Waals surface area contributed by atoms with Crippen LogP contribution >= 0.6 is 0 Å². The first kappa shape index (κ1) is 23.6. The lowest BCUT2D eigenvalue weighted by Gasteiger charge is -2.21. The molecule has 0 spiro atoms. The Bertz CT molecular complexity index is 1450. The van der Waals surface area contributed by atoms with Crippen LogP contribution in [-0.2, 0) is 6.18 Å². The fraction of sp³-hybridized carbons (Fsp3) is 0.222. The lowest BCUT2D eigenvalue weighted by atomic mass is 10.1. The maximum absolute atomic E-state index is 13.4. The van der Waals surface area contributed by atoms with Crippen molar-refractivity contribution in [2.24, 2.45) is 0 Å². The second-order valence-electron chi connectivity index (χ2n) is 8.86. The van der Waals surface area contributed by atoms with E-state index in [2.05, 4.69) is 10.3 Å². The predicted molar refractivity (Wildman–Crippen MR) is 131 cm³/mol. The molecule has 1 atom stereocenters. The summed E-state index contributed by atoms with van der Waals surface area (Å²) in [4.78, 5) is 24.2. The summed E-state index contributed by atoms with van der Waals surface area (Å²) in [5.41, 5.74) is 0.875. The van der Waals surface area contributed by atoms with Crippen molar-refractivity contribution in [3.8, 4) is 17.1 Å². The van der Waals surface area contributed by atoms with Gasteiger partial charge in [0.2, 0.25) is 0 Å². The van der Waals surface area contributed by atoms with E-state index in [4.69, 9.17) is 4.98 Å². The maximum Gasteiger partial charge on any atom is 0.417 e. The number of rotatable bonds is 4. The number of carbonyl (C=O) groups is 1. The minimum atomic E-state index is -4.62. The van der Waals surface area contributed by atoms with E-state index in [1.807, 2.05) is 30.0 Å². The molecule has 0 bridgehead atoms. The van der Waals surface area contributed by atoms with Crippen molar-refractivity contribution in [2.45, 2.75) is 25.6 Å². The Balaban J connectivity index is 1.44.